The number of rotatable bonds is 5. The summed E-state index contributed by atoms with van der Waals surface area (Å²) in [5.74, 6) is -0.103. The van der Waals surface area contributed by atoms with Crippen LogP contribution in [0.2, 0.25) is 0 Å². The Labute approximate surface area is 152 Å². The number of phenols is 1. The second kappa shape index (κ2) is 10.2. The summed E-state index contributed by atoms with van der Waals surface area (Å²) in [5, 5.41) is 33.7. The quantitative estimate of drug-likeness (QED) is 0.595. The van der Waals surface area contributed by atoms with Crippen molar-refractivity contribution in [3.8, 4) is 17.6 Å². The first-order chi connectivity index (χ1) is 10.6. The molecule has 2 rings (SSSR count). The molecule has 0 amide bonds. The molecule has 1 fully saturated rings. The van der Waals surface area contributed by atoms with Gasteiger partial charge in [0.05, 0.1) is 36.6 Å². The van der Waals surface area contributed by atoms with Crippen molar-refractivity contribution >= 4 is 30.5 Å². The zero-order valence-electron chi connectivity index (χ0n) is 13.1. The molecule has 1 aromatic carbocycles. The Hall–Kier alpha value is -1.79. The second-order valence-electron chi connectivity index (χ2n) is 5.01. The smallest absolute Gasteiger partial charge is 0.273 e. The number of methoxy groups -OCH3 is 1. The zero-order chi connectivity index (χ0) is 16.1. The second-order valence-corrected chi connectivity index (χ2v) is 5.01. The first-order valence-corrected chi connectivity index (χ1v) is 6.95. The Kier molecular flexibility index (Phi) is 9.40. The summed E-state index contributed by atoms with van der Waals surface area (Å²) >= 11 is 0. The Balaban J connectivity index is 0.00000264. The number of halogens is 2. The molecule has 0 radical (unpaired) electrons. The molecule has 0 aromatic heterocycles. The summed E-state index contributed by atoms with van der Waals surface area (Å²) in [7, 11) is 1.34. The van der Waals surface area contributed by atoms with E-state index in [9.17, 15) is 15.2 Å². The average molecular weight is 379 g/mol. The van der Waals surface area contributed by atoms with Crippen LogP contribution in [0.1, 0.15) is 18.0 Å². The molecule has 10 heteroatoms. The normalized spacial score (nSPS) is 15.3. The Morgan fingerprint density at radius 1 is 1.46 bits per heavy atom. The Morgan fingerprint density at radius 3 is 2.58 bits per heavy atom. The number of nitrogens with zero attached hydrogens (tertiary/aromatic N) is 3. The van der Waals surface area contributed by atoms with Gasteiger partial charge >= 0.3 is 0 Å². The average Bonchev–Trinajstić information content (AvgIpc) is 2.54. The summed E-state index contributed by atoms with van der Waals surface area (Å²) in [6, 6.07) is 4.19. The third-order valence-electron chi connectivity index (χ3n) is 3.76. The summed E-state index contributed by atoms with van der Waals surface area (Å²) in [4.78, 5) is 12.6. The third-order valence-corrected chi connectivity index (χ3v) is 3.76. The number of nitro benzene ring substituents is 1. The van der Waals surface area contributed by atoms with Crippen LogP contribution in [0.3, 0.4) is 0 Å². The van der Waals surface area contributed by atoms with Crippen LogP contribution < -0.4 is 10.1 Å². The lowest BCUT2D eigenvalue weighted by molar-refractivity contribution is -0.385. The van der Waals surface area contributed by atoms with Crippen molar-refractivity contribution in [3.63, 3.8) is 0 Å². The SMILES string of the molecule is COc1cc([N+](=O)[O-])cc([C@@H](CC#N)N2CCNCC2)c1O.Cl.Cl. The number of nitro groups is 1. The number of ether oxygens (including phenoxy) is 1. The molecular weight excluding hydrogens is 359 g/mol. The van der Waals surface area contributed by atoms with E-state index in [1.807, 2.05) is 4.90 Å². The van der Waals surface area contributed by atoms with Gasteiger partial charge in [-0.05, 0) is 0 Å². The molecule has 0 unspecified atom stereocenters. The maximum absolute atomic E-state index is 11.1. The molecule has 1 aromatic rings. The molecule has 1 aliphatic rings. The monoisotopic (exact) mass is 378 g/mol. The number of piperazine rings is 1. The number of nitriles is 1. The van der Waals surface area contributed by atoms with E-state index in [1.54, 1.807) is 0 Å². The first-order valence-electron chi connectivity index (χ1n) is 6.95. The third kappa shape index (κ3) is 4.85. The van der Waals surface area contributed by atoms with Crippen molar-refractivity contribution in [2.75, 3.05) is 33.3 Å². The lowest BCUT2D eigenvalue weighted by Gasteiger charge is -2.34. The predicted molar refractivity (Wildman–Crippen MR) is 93.2 cm³/mol. The largest absolute Gasteiger partial charge is 0.504 e. The number of nitrogens with one attached hydrogen (secondary N) is 1. The number of aromatic hydroxyl groups is 1. The van der Waals surface area contributed by atoms with Gasteiger partial charge in [0, 0.05) is 37.8 Å². The van der Waals surface area contributed by atoms with E-state index in [0.717, 1.165) is 13.1 Å². The fourth-order valence-electron chi connectivity index (χ4n) is 2.65. The van der Waals surface area contributed by atoms with Gasteiger partial charge in [0.25, 0.3) is 5.69 Å². The van der Waals surface area contributed by atoms with Crippen LogP contribution in [0.15, 0.2) is 12.1 Å². The van der Waals surface area contributed by atoms with Crippen LogP contribution in [0.5, 0.6) is 11.5 Å². The molecule has 0 aliphatic carbocycles. The minimum Gasteiger partial charge on any atom is -0.504 e. The van der Waals surface area contributed by atoms with E-state index in [-0.39, 0.29) is 48.4 Å². The van der Waals surface area contributed by atoms with Gasteiger partial charge in [0.2, 0.25) is 0 Å². The number of phenolic OH excluding ortho intramolecular Hbond substituents is 1. The first kappa shape index (κ1) is 22.2. The van der Waals surface area contributed by atoms with Crippen molar-refractivity contribution in [1.82, 2.24) is 10.2 Å². The fraction of sp³-hybridized carbons (Fsp3) is 0.500. The van der Waals surface area contributed by atoms with Crippen molar-refractivity contribution in [1.29, 1.82) is 5.26 Å². The zero-order valence-corrected chi connectivity index (χ0v) is 14.7. The van der Waals surface area contributed by atoms with Crippen LogP contribution in [-0.2, 0) is 0 Å². The van der Waals surface area contributed by atoms with Crippen molar-refractivity contribution in [3.05, 3.63) is 27.8 Å². The van der Waals surface area contributed by atoms with Gasteiger partial charge in [-0.2, -0.15) is 5.26 Å². The van der Waals surface area contributed by atoms with Crippen LogP contribution in [-0.4, -0.2) is 48.2 Å². The van der Waals surface area contributed by atoms with Gasteiger partial charge in [-0.1, -0.05) is 0 Å². The summed E-state index contributed by atoms with van der Waals surface area (Å²) in [5.41, 5.74) is 0.192. The summed E-state index contributed by atoms with van der Waals surface area (Å²) in [6.45, 7) is 2.96. The highest BCUT2D eigenvalue weighted by Crippen LogP contribution is 2.40. The number of benzene rings is 1. The van der Waals surface area contributed by atoms with E-state index >= 15 is 0 Å². The molecule has 0 bridgehead atoms. The molecule has 134 valence electrons. The molecular formula is C14H20Cl2N4O4. The van der Waals surface area contributed by atoms with Gasteiger partial charge < -0.3 is 15.2 Å². The maximum Gasteiger partial charge on any atom is 0.273 e. The lowest BCUT2D eigenvalue weighted by atomic mass is 9.99. The molecule has 1 heterocycles. The number of hydrogen-bond acceptors (Lipinski definition) is 7. The van der Waals surface area contributed by atoms with Crippen LogP contribution in [0.25, 0.3) is 0 Å². The minimum atomic E-state index is -0.535. The van der Waals surface area contributed by atoms with E-state index < -0.39 is 11.0 Å². The van der Waals surface area contributed by atoms with E-state index in [1.165, 1.54) is 19.2 Å². The van der Waals surface area contributed by atoms with Crippen molar-refractivity contribution < 1.29 is 14.8 Å². The Bertz CT molecular complexity index is 603. The highest BCUT2D eigenvalue weighted by atomic mass is 35.5. The molecule has 1 saturated heterocycles. The molecule has 0 spiro atoms. The molecule has 24 heavy (non-hydrogen) atoms. The maximum atomic E-state index is 11.1. The number of hydrogen-bond donors (Lipinski definition) is 2. The molecule has 1 aliphatic heterocycles. The van der Waals surface area contributed by atoms with E-state index in [4.69, 9.17) is 10.00 Å². The topological polar surface area (TPSA) is 112 Å². The predicted octanol–water partition coefficient (Wildman–Crippen LogP) is 2.01. The van der Waals surface area contributed by atoms with Gasteiger partial charge in [-0.3, -0.25) is 15.0 Å². The Morgan fingerprint density at radius 2 is 2.08 bits per heavy atom. The van der Waals surface area contributed by atoms with Crippen LogP contribution >= 0.6 is 24.8 Å². The molecule has 1 atom stereocenters. The van der Waals surface area contributed by atoms with Gasteiger partial charge in [-0.15, -0.1) is 24.8 Å². The van der Waals surface area contributed by atoms with E-state index in [0.29, 0.717) is 18.7 Å². The number of non-ortho nitro benzene ring substituents is 1. The van der Waals surface area contributed by atoms with Crippen LogP contribution in [0.4, 0.5) is 5.69 Å². The summed E-state index contributed by atoms with van der Waals surface area (Å²) < 4.78 is 5.02. The fourth-order valence-corrected chi connectivity index (χ4v) is 2.65. The summed E-state index contributed by atoms with van der Waals surface area (Å²) in [6.07, 6.45) is 0.137. The van der Waals surface area contributed by atoms with Gasteiger partial charge in [0.1, 0.15) is 0 Å². The van der Waals surface area contributed by atoms with Gasteiger partial charge in [-0.25, -0.2) is 0 Å². The van der Waals surface area contributed by atoms with Crippen molar-refractivity contribution in [2.45, 2.75) is 12.5 Å². The van der Waals surface area contributed by atoms with Gasteiger partial charge in [0.15, 0.2) is 11.5 Å². The van der Waals surface area contributed by atoms with Crippen molar-refractivity contribution in [2.24, 2.45) is 0 Å². The van der Waals surface area contributed by atoms with E-state index in [2.05, 4.69) is 11.4 Å². The minimum absolute atomic E-state index is 0. The molecule has 2 N–H and O–H groups in total. The lowest BCUT2D eigenvalue weighted by Crippen LogP contribution is -2.45. The van der Waals surface area contributed by atoms with Crippen LogP contribution in [0, 0.1) is 21.4 Å². The molecule has 8 nitrogen and oxygen atoms in total. The standard InChI is InChI=1S/C14H18N4O4.2ClH/c1-22-13-9-10(18(20)21)8-11(14(13)19)12(2-3-15)17-6-4-16-5-7-17;;/h8-9,12,16,19H,2,4-7H2,1H3;2*1H/t12-;;/m1../s1. The highest BCUT2D eigenvalue weighted by molar-refractivity contribution is 5.85. The molecule has 0 saturated carbocycles. The highest BCUT2D eigenvalue weighted by Gasteiger charge is 2.28.